The molecule has 0 unspecified atom stereocenters. The lowest BCUT2D eigenvalue weighted by Gasteiger charge is -2.11. The summed E-state index contributed by atoms with van der Waals surface area (Å²) in [7, 11) is -2.69. The Morgan fingerprint density at radius 1 is 1.04 bits per heavy atom. The summed E-state index contributed by atoms with van der Waals surface area (Å²) in [6.45, 7) is 1.62. The predicted octanol–water partition coefficient (Wildman–Crippen LogP) is 3.04. The molecular weight excluding hydrogens is 328 g/mol. The Kier molecular flexibility index (Phi) is 4.32. The zero-order chi connectivity index (χ0) is 17.3. The normalized spacial score (nSPS) is 13.4. The van der Waals surface area contributed by atoms with E-state index in [-0.39, 0.29) is 4.90 Å². The summed E-state index contributed by atoms with van der Waals surface area (Å²) < 4.78 is 35.0. The van der Waals surface area contributed by atoms with E-state index < -0.39 is 16.1 Å². The van der Waals surface area contributed by atoms with Gasteiger partial charge in [-0.2, -0.15) is 8.42 Å². The number of hydrogen-bond donors (Lipinski definition) is 0. The smallest absolute Gasteiger partial charge is 0.339 e. The van der Waals surface area contributed by atoms with Crippen molar-refractivity contribution in [2.24, 2.45) is 0 Å². The first-order valence-corrected chi connectivity index (χ1v) is 9.07. The molecule has 6 heteroatoms. The average Bonchev–Trinajstić information content (AvgIpc) is 3.01. The van der Waals surface area contributed by atoms with Crippen molar-refractivity contribution < 1.29 is 22.1 Å². The van der Waals surface area contributed by atoms with Crippen LogP contribution in [0.5, 0.6) is 5.75 Å². The van der Waals surface area contributed by atoms with Crippen LogP contribution >= 0.6 is 0 Å². The van der Waals surface area contributed by atoms with Crippen LogP contribution < -0.4 is 4.18 Å². The first kappa shape index (κ1) is 16.5. The molecule has 1 aliphatic carbocycles. The maximum Gasteiger partial charge on any atom is 0.339 e. The molecule has 0 amide bonds. The van der Waals surface area contributed by atoms with Crippen LogP contribution in [0.3, 0.4) is 0 Å². The Bertz CT molecular complexity index is 900. The summed E-state index contributed by atoms with van der Waals surface area (Å²) in [4.78, 5) is 11.6. The molecule has 2 aromatic carbocycles. The van der Waals surface area contributed by atoms with Crippen LogP contribution in [0.15, 0.2) is 41.3 Å². The molecule has 0 spiro atoms. The van der Waals surface area contributed by atoms with Crippen molar-refractivity contribution in [2.45, 2.75) is 31.1 Å². The molecule has 5 nitrogen and oxygen atoms in total. The van der Waals surface area contributed by atoms with Gasteiger partial charge in [0.1, 0.15) is 10.6 Å². The Labute approximate surface area is 141 Å². The van der Waals surface area contributed by atoms with E-state index >= 15 is 0 Å². The van der Waals surface area contributed by atoms with E-state index in [1.807, 2.05) is 6.07 Å². The molecule has 2 aromatic rings. The zero-order valence-electron chi connectivity index (χ0n) is 13.5. The maximum atomic E-state index is 12.5. The second-order valence-electron chi connectivity index (χ2n) is 5.79. The number of benzene rings is 2. The lowest BCUT2D eigenvalue weighted by atomic mass is 10.1. The number of rotatable bonds is 4. The fourth-order valence-electron chi connectivity index (χ4n) is 2.95. The fourth-order valence-corrected chi connectivity index (χ4v) is 4.08. The molecule has 0 bridgehead atoms. The predicted molar refractivity (Wildman–Crippen MR) is 88.8 cm³/mol. The number of fused-ring (bicyclic) bond motifs is 1. The highest BCUT2D eigenvalue weighted by molar-refractivity contribution is 7.87. The number of hydrogen-bond acceptors (Lipinski definition) is 5. The Hall–Kier alpha value is -2.34. The second kappa shape index (κ2) is 6.28. The molecule has 0 aromatic heterocycles. The van der Waals surface area contributed by atoms with Crippen LogP contribution in [0.2, 0.25) is 0 Å². The molecule has 1 aliphatic rings. The van der Waals surface area contributed by atoms with Gasteiger partial charge in [0.15, 0.2) is 0 Å². The van der Waals surface area contributed by atoms with Crippen LogP contribution in [-0.4, -0.2) is 21.5 Å². The fraction of sp³-hybridized carbons (Fsp3) is 0.278. The number of methoxy groups -OCH3 is 1. The van der Waals surface area contributed by atoms with Gasteiger partial charge in [-0.15, -0.1) is 0 Å². The van der Waals surface area contributed by atoms with Crippen molar-refractivity contribution in [1.29, 1.82) is 0 Å². The molecule has 0 saturated carbocycles. The van der Waals surface area contributed by atoms with Gasteiger partial charge in [0.25, 0.3) is 0 Å². The largest absolute Gasteiger partial charge is 0.465 e. The van der Waals surface area contributed by atoms with Crippen LogP contribution in [-0.2, 0) is 27.7 Å². The molecule has 0 heterocycles. The quantitative estimate of drug-likeness (QED) is 0.629. The molecule has 0 fully saturated rings. The van der Waals surface area contributed by atoms with Crippen LogP contribution in [0.4, 0.5) is 0 Å². The molecule has 0 atom stereocenters. The van der Waals surface area contributed by atoms with Crippen molar-refractivity contribution in [2.75, 3.05) is 7.11 Å². The third-order valence-corrected chi connectivity index (χ3v) is 5.55. The SMILES string of the molecule is COC(=O)c1ccc(S(=O)(=O)Oc2ccc3c(c2)CCC3)c(C)c1. The lowest BCUT2D eigenvalue weighted by molar-refractivity contribution is 0.0600. The summed E-state index contributed by atoms with van der Waals surface area (Å²) in [5, 5.41) is 0. The van der Waals surface area contributed by atoms with Crippen LogP contribution in [0.1, 0.15) is 33.5 Å². The van der Waals surface area contributed by atoms with E-state index in [1.54, 1.807) is 19.1 Å². The van der Waals surface area contributed by atoms with Gasteiger partial charge in [0, 0.05) is 0 Å². The number of esters is 1. The minimum absolute atomic E-state index is 0.0376. The topological polar surface area (TPSA) is 69.7 Å². The van der Waals surface area contributed by atoms with E-state index in [4.69, 9.17) is 4.18 Å². The molecule has 0 saturated heterocycles. The highest BCUT2D eigenvalue weighted by Gasteiger charge is 2.22. The van der Waals surface area contributed by atoms with E-state index in [9.17, 15) is 13.2 Å². The minimum atomic E-state index is -3.96. The molecule has 0 radical (unpaired) electrons. The van der Waals surface area contributed by atoms with E-state index in [1.165, 1.54) is 30.9 Å². The average molecular weight is 346 g/mol. The molecule has 0 aliphatic heterocycles. The molecule has 126 valence electrons. The second-order valence-corrected chi connectivity index (χ2v) is 7.31. The molecule has 3 rings (SSSR count). The summed E-state index contributed by atoms with van der Waals surface area (Å²) in [6.07, 6.45) is 3.05. The van der Waals surface area contributed by atoms with E-state index in [0.717, 1.165) is 24.8 Å². The Morgan fingerprint density at radius 2 is 1.79 bits per heavy atom. The minimum Gasteiger partial charge on any atom is -0.465 e. The van der Waals surface area contributed by atoms with Crippen LogP contribution in [0.25, 0.3) is 0 Å². The number of carbonyl (C=O) groups is 1. The van der Waals surface area contributed by atoms with Gasteiger partial charge in [-0.3, -0.25) is 0 Å². The highest BCUT2D eigenvalue weighted by Crippen LogP contribution is 2.28. The summed E-state index contributed by atoms with van der Waals surface area (Å²) in [6, 6.07) is 9.64. The van der Waals surface area contributed by atoms with E-state index in [0.29, 0.717) is 16.9 Å². The first-order valence-electron chi connectivity index (χ1n) is 7.66. The van der Waals surface area contributed by atoms with Gasteiger partial charge in [-0.25, -0.2) is 4.79 Å². The zero-order valence-corrected chi connectivity index (χ0v) is 14.4. The Morgan fingerprint density at radius 3 is 2.50 bits per heavy atom. The van der Waals surface area contributed by atoms with Crippen molar-refractivity contribution >= 4 is 16.1 Å². The van der Waals surface area contributed by atoms with Crippen molar-refractivity contribution in [3.8, 4) is 5.75 Å². The number of ether oxygens (including phenoxy) is 1. The standard InChI is InChI=1S/C18H18O5S/c1-12-10-15(18(19)22-2)7-9-17(12)24(20,21)23-16-8-6-13-4-3-5-14(13)11-16/h6-11H,3-5H2,1-2H3. The highest BCUT2D eigenvalue weighted by atomic mass is 32.2. The molecular formula is C18H18O5S. The van der Waals surface area contributed by atoms with E-state index in [2.05, 4.69) is 4.74 Å². The summed E-state index contributed by atoms with van der Waals surface area (Å²) in [5.74, 6) is -0.200. The molecule has 0 N–H and O–H groups in total. The van der Waals surface area contributed by atoms with Gasteiger partial charge in [-0.1, -0.05) is 6.07 Å². The third-order valence-electron chi connectivity index (χ3n) is 4.14. The lowest BCUT2D eigenvalue weighted by Crippen LogP contribution is -2.12. The maximum absolute atomic E-state index is 12.5. The monoisotopic (exact) mass is 346 g/mol. The van der Waals surface area contributed by atoms with Gasteiger partial charge < -0.3 is 8.92 Å². The number of carbonyl (C=O) groups excluding carboxylic acids is 1. The van der Waals surface area contributed by atoms with Crippen molar-refractivity contribution in [3.63, 3.8) is 0 Å². The summed E-state index contributed by atoms with van der Waals surface area (Å²) in [5.41, 5.74) is 3.12. The van der Waals surface area contributed by atoms with Gasteiger partial charge in [0.2, 0.25) is 0 Å². The number of aryl methyl sites for hydroxylation is 3. The third kappa shape index (κ3) is 3.14. The van der Waals surface area contributed by atoms with Crippen molar-refractivity contribution in [1.82, 2.24) is 0 Å². The van der Waals surface area contributed by atoms with Gasteiger partial charge in [-0.05, 0) is 73.2 Å². The van der Waals surface area contributed by atoms with Crippen LogP contribution in [0, 0.1) is 6.92 Å². The summed E-state index contributed by atoms with van der Waals surface area (Å²) >= 11 is 0. The van der Waals surface area contributed by atoms with Gasteiger partial charge >= 0.3 is 16.1 Å². The molecule has 24 heavy (non-hydrogen) atoms. The Balaban J connectivity index is 1.89. The van der Waals surface area contributed by atoms with Crippen molar-refractivity contribution in [3.05, 3.63) is 58.7 Å². The van der Waals surface area contributed by atoms with Gasteiger partial charge in [0.05, 0.1) is 12.7 Å². The first-order chi connectivity index (χ1) is 11.4.